The fraction of sp³-hybridized carbons (Fsp3) is 0.938. The van der Waals surface area contributed by atoms with E-state index in [0.29, 0.717) is 12.8 Å². The van der Waals surface area contributed by atoms with E-state index in [2.05, 4.69) is 0 Å². The predicted molar refractivity (Wildman–Crippen MR) is 159 cm³/mol. The van der Waals surface area contributed by atoms with E-state index < -0.39 is 12.2 Å². The van der Waals surface area contributed by atoms with Gasteiger partial charge in [0.25, 0.3) is 0 Å². The lowest BCUT2D eigenvalue weighted by molar-refractivity contribution is -0.148. The number of unbranched alkanes of at least 4 members (excludes halogenated alkanes) is 21. The molecule has 0 aromatic rings. The molecule has 0 saturated carbocycles. The van der Waals surface area contributed by atoms with E-state index in [0.717, 1.165) is 38.5 Å². The Balaban J connectivity index is 3.17. The highest BCUT2D eigenvalue weighted by molar-refractivity contribution is 5.69. The summed E-state index contributed by atoms with van der Waals surface area (Å²) in [6, 6.07) is 0. The van der Waals surface area contributed by atoms with Crippen LogP contribution in [0.2, 0.25) is 0 Å². The summed E-state index contributed by atoms with van der Waals surface area (Å²) in [5.74, 6) is -0.580. The third-order valence-corrected chi connectivity index (χ3v) is 7.31. The maximum atomic E-state index is 11.5. The van der Waals surface area contributed by atoms with Gasteiger partial charge in [-0.1, -0.05) is 128 Å². The van der Waals surface area contributed by atoms with E-state index in [1.54, 1.807) is 0 Å². The fourth-order valence-corrected chi connectivity index (χ4v) is 4.70. The molecule has 8 heteroatoms. The van der Waals surface area contributed by atoms with Crippen LogP contribution in [-0.4, -0.2) is 71.0 Å². The van der Waals surface area contributed by atoms with Crippen molar-refractivity contribution in [3.05, 3.63) is 0 Å². The van der Waals surface area contributed by atoms with Crippen molar-refractivity contribution in [1.29, 1.82) is 0 Å². The zero-order chi connectivity index (χ0) is 29.5. The average Bonchev–Trinajstić information content (AvgIpc) is 2.96. The third kappa shape index (κ3) is 29.8. The van der Waals surface area contributed by atoms with Gasteiger partial charge in [-0.2, -0.15) is 0 Å². The minimum absolute atomic E-state index is 0.119. The molecule has 238 valence electrons. The van der Waals surface area contributed by atoms with Crippen molar-refractivity contribution in [2.24, 2.45) is 0 Å². The minimum atomic E-state index is -0.972. The molecule has 0 aromatic heterocycles. The summed E-state index contributed by atoms with van der Waals surface area (Å²) < 4.78 is 9.79. The van der Waals surface area contributed by atoms with E-state index >= 15 is 0 Å². The Labute approximate surface area is 244 Å². The van der Waals surface area contributed by atoms with Gasteiger partial charge in [0.15, 0.2) is 0 Å². The summed E-state index contributed by atoms with van der Waals surface area (Å²) in [5.41, 5.74) is 0. The Morgan fingerprint density at radius 2 is 0.600 bits per heavy atom. The Bertz CT molecular complexity index is 509. The maximum Gasteiger partial charge on any atom is 0.305 e. The molecular weight excluding hydrogens is 512 g/mol. The number of esters is 2. The molecular formula is C32H62O8. The monoisotopic (exact) mass is 574 g/mol. The second kappa shape index (κ2) is 30.7. The van der Waals surface area contributed by atoms with Gasteiger partial charge >= 0.3 is 11.9 Å². The van der Waals surface area contributed by atoms with E-state index in [1.807, 2.05) is 0 Å². The maximum absolute atomic E-state index is 11.5. The predicted octanol–water partition coefficient (Wildman–Crippen LogP) is 6.14. The summed E-state index contributed by atoms with van der Waals surface area (Å²) in [7, 11) is 0. The van der Waals surface area contributed by atoms with Crippen LogP contribution in [0.3, 0.4) is 0 Å². The fourth-order valence-electron chi connectivity index (χ4n) is 4.70. The highest BCUT2D eigenvalue weighted by atomic mass is 16.5. The standard InChI is InChI=1S/C32H62O8/c33-25-29(35)27-39-31(37)23-21-19-17-15-13-11-9-7-5-3-1-2-4-6-8-10-12-14-16-18-20-22-24-32(38)40-28-30(36)26-34/h29-30,33-36H,1-28H2/t29-,30-/m0/s1. The molecule has 0 aliphatic carbocycles. The molecule has 8 nitrogen and oxygen atoms in total. The number of ether oxygens (including phenoxy) is 2. The topological polar surface area (TPSA) is 134 Å². The van der Waals surface area contributed by atoms with E-state index in [9.17, 15) is 9.59 Å². The second-order valence-corrected chi connectivity index (χ2v) is 11.3. The third-order valence-electron chi connectivity index (χ3n) is 7.31. The van der Waals surface area contributed by atoms with Gasteiger partial charge in [-0.3, -0.25) is 9.59 Å². The molecule has 0 spiro atoms. The molecule has 0 amide bonds. The van der Waals surface area contributed by atoms with Crippen LogP contribution in [0.15, 0.2) is 0 Å². The SMILES string of the molecule is O=C(CCCCCCCCCCCCCCCCCCCCCCCCC(=O)OC[C@@H](O)CO)OC[C@@H](O)CO. The van der Waals surface area contributed by atoms with Crippen LogP contribution in [0.1, 0.15) is 154 Å². The molecule has 0 bridgehead atoms. The lowest BCUT2D eigenvalue weighted by Crippen LogP contribution is -2.21. The van der Waals surface area contributed by atoms with Crippen LogP contribution in [0.4, 0.5) is 0 Å². The summed E-state index contributed by atoms with van der Waals surface area (Å²) in [6.45, 7) is -1.01. The van der Waals surface area contributed by atoms with Gasteiger partial charge < -0.3 is 29.9 Å². The zero-order valence-corrected chi connectivity index (χ0v) is 25.4. The number of hydrogen-bond donors (Lipinski definition) is 4. The summed E-state index contributed by atoms with van der Waals surface area (Å²) in [5, 5.41) is 35.7. The molecule has 0 heterocycles. The van der Waals surface area contributed by atoms with Gasteiger partial charge in [0.2, 0.25) is 0 Å². The second-order valence-electron chi connectivity index (χ2n) is 11.3. The Morgan fingerprint density at radius 1 is 0.400 bits per heavy atom. The minimum Gasteiger partial charge on any atom is -0.463 e. The molecule has 0 aliphatic heterocycles. The molecule has 40 heavy (non-hydrogen) atoms. The van der Waals surface area contributed by atoms with Crippen molar-refractivity contribution >= 4 is 11.9 Å². The van der Waals surface area contributed by atoms with Crippen molar-refractivity contribution in [3.63, 3.8) is 0 Å². The van der Waals surface area contributed by atoms with Gasteiger partial charge in [-0.25, -0.2) is 0 Å². The summed E-state index contributed by atoms with van der Waals surface area (Å²) in [6.07, 6.45) is 26.1. The number of carbonyl (C=O) groups excluding carboxylic acids is 2. The molecule has 0 radical (unpaired) electrons. The Hall–Kier alpha value is -1.22. The van der Waals surface area contributed by atoms with Crippen LogP contribution in [-0.2, 0) is 19.1 Å². The van der Waals surface area contributed by atoms with Gasteiger partial charge in [-0.15, -0.1) is 0 Å². The summed E-state index contributed by atoms with van der Waals surface area (Å²) >= 11 is 0. The van der Waals surface area contributed by atoms with Crippen molar-refractivity contribution < 1.29 is 39.5 Å². The number of hydrogen-bond acceptors (Lipinski definition) is 8. The lowest BCUT2D eigenvalue weighted by atomic mass is 10.0. The first-order valence-electron chi connectivity index (χ1n) is 16.4. The van der Waals surface area contributed by atoms with Crippen molar-refractivity contribution in [1.82, 2.24) is 0 Å². The highest BCUT2D eigenvalue weighted by Crippen LogP contribution is 2.16. The van der Waals surface area contributed by atoms with E-state index in [-0.39, 0.29) is 38.4 Å². The molecule has 0 aromatic carbocycles. The number of carbonyl (C=O) groups is 2. The first kappa shape index (κ1) is 38.8. The van der Waals surface area contributed by atoms with Crippen LogP contribution in [0, 0.1) is 0 Å². The normalized spacial score (nSPS) is 12.8. The molecule has 0 rings (SSSR count). The van der Waals surface area contributed by atoms with Crippen LogP contribution < -0.4 is 0 Å². The van der Waals surface area contributed by atoms with Gasteiger partial charge in [0.05, 0.1) is 13.2 Å². The van der Waals surface area contributed by atoms with Gasteiger partial charge in [-0.05, 0) is 12.8 Å². The largest absolute Gasteiger partial charge is 0.463 e. The molecule has 0 saturated heterocycles. The van der Waals surface area contributed by atoms with Gasteiger partial charge in [0.1, 0.15) is 25.4 Å². The van der Waals surface area contributed by atoms with E-state index in [4.69, 9.17) is 29.9 Å². The molecule has 4 N–H and O–H groups in total. The number of rotatable bonds is 31. The lowest BCUT2D eigenvalue weighted by Gasteiger charge is -2.08. The molecule has 0 aliphatic rings. The van der Waals surface area contributed by atoms with Crippen LogP contribution in [0.25, 0.3) is 0 Å². The molecule has 2 atom stereocenters. The first-order chi connectivity index (χ1) is 19.5. The molecule has 0 unspecified atom stereocenters. The molecule has 0 fully saturated rings. The van der Waals surface area contributed by atoms with Crippen molar-refractivity contribution in [3.8, 4) is 0 Å². The Morgan fingerprint density at radius 3 is 0.800 bits per heavy atom. The average molecular weight is 575 g/mol. The van der Waals surface area contributed by atoms with Crippen molar-refractivity contribution in [2.45, 2.75) is 166 Å². The number of aliphatic hydroxyl groups is 4. The van der Waals surface area contributed by atoms with Gasteiger partial charge in [0, 0.05) is 12.8 Å². The first-order valence-corrected chi connectivity index (χ1v) is 16.4. The van der Waals surface area contributed by atoms with Crippen LogP contribution in [0.5, 0.6) is 0 Å². The quantitative estimate of drug-likeness (QED) is 0.0573. The Kier molecular flexibility index (Phi) is 29.8. The van der Waals surface area contributed by atoms with E-state index in [1.165, 1.54) is 103 Å². The van der Waals surface area contributed by atoms with Crippen molar-refractivity contribution in [2.75, 3.05) is 26.4 Å². The number of aliphatic hydroxyl groups excluding tert-OH is 4. The zero-order valence-electron chi connectivity index (χ0n) is 25.4. The van der Waals surface area contributed by atoms with Crippen LogP contribution >= 0.6 is 0 Å². The highest BCUT2D eigenvalue weighted by Gasteiger charge is 2.08. The summed E-state index contributed by atoms with van der Waals surface area (Å²) in [4.78, 5) is 23.0. The smallest absolute Gasteiger partial charge is 0.305 e.